The molecule has 3 rings (SSSR count). The number of anilines is 4. The van der Waals surface area contributed by atoms with E-state index in [2.05, 4.69) is 31.2 Å². The molecule has 0 bridgehead atoms. The number of nitrogens with one attached hydrogen (secondary N) is 3. The number of nitrogens with zero attached hydrogens (tertiary/aromatic N) is 2. The zero-order valence-corrected chi connectivity index (χ0v) is 24.4. The summed E-state index contributed by atoms with van der Waals surface area (Å²) in [4.78, 5) is 20.1. The molecule has 12 heteroatoms. The van der Waals surface area contributed by atoms with Crippen LogP contribution in [-0.4, -0.2) is 30.9 Å². The Morgan fingerprint density at radius 3 is 2.53 bits per heavy atom. The van der Waals surface area contributed by atoms with Gasteiger partial charge >= 0.3 is 29.6 Å². The van der Waals surface area contributed by atoms with Crippen LogP contribution in [0.15, 0.2) is 53.6 Å². The van der Waals surface area contributed by atoms with Crippen molar-refractivity contribution in [2.24, 2.45) is 0 Å². The van der Waals surface area contributed by atoms with Crippen LogP contribution in [0.25, 0.3) is 0 Å². The van der Waals surface area contributed by atoms with Gasteiger partial charge in [0.2, 0.25) is 11.9 Å². The van der Waals surface area contributed by atoms with Crippen molar-refractivity contribution in [3.05, 3.63) is 60.0 Å². The van der Waals surface area contributed by atoms with E-state index in [1.165, 1.54) is 6.07 Å². The fraction of sp³-hybridized carbons (Fsp3) is 0.269. The average Bonchev–Trinajstić information content (AvgIpc) is 2.86. The Bertz CT molecular complexity index is 1400. The van der Waals surface area contributed by atoms with E-state index in [9.17, 15) is 17.6 Å². The number of carbonyl (C=O) groups is 1. The van der Waals surface area contributed by atoms with Crippen molar-refractivity contribution in [3.63, 3.8) is 0 Å². The van der Waals surface area contributed by atoms with Crippen LogP contribution in [0.1, 0.15) is 39.6 Å². The van der Waals surface area contributed by atoms with E-state index >= 15 is 0 Å². The summed E-state index contributed by atoms with van der Waals surface area (Å²) in [7, 11) is -4.08. The predicted molar refractivity (Wildman–Crippen MR) is 141 cm³/mol. The minimum Gasteiger partial charge on any atom is -1.00 e. The van der Waals surface area contributed by atoms with Crippen molar-refractivity contribution in [1.82, 2.24) is 14.7 Å². The van der Waals surface area contributed by atoms with Crippen LogP contribution < -0.4 is 49.6 Å². The summed E-state index contributed by atoms with van der Waals surface area (Å²) < 4.78 is 47.4. The predicted octanol–water partition coefficient (Wildman–Crippen LogP) is 1.93. The number of unbranched alkanes of at least 4 members (excludes halogenated alkanes) is 2. The Morgan fingerprint density at radius 2 is 1.84 bits per heavy atom. The third-order valence-corrected chi connectivity index (χ3v) is 6.69. The number of rotatable bonds is 12. The second-order valence-corrected chi connectivity index (χ2v) is 9.77. The number of aromatic nitrogens is 2. The first-order chi connectivity index (χ1) is 17.7. The Hall–Kier alpha value is -3.17. The van der Waals surface area contributed by atoms with Gasteiger partial charge in [-0.2, -0.15) is 4.98 Å². The zero-order chi connectivity index (χ0) is 26.8. The molecule has 1 heterocycles. The van der Waals surface area contributed by atoms with E-state index in [0.29, 0.717) is 29.1 Å². The van der Waals surface area contributed by atoms with Crippen LogP contribution in [0.4, 0.5) is 27.5 Å². The molecule has 2 aromatic carbocycles. The van der Waals surface area contributed by atoms with Crippen molar-refractivity contribution in [2.75, 3.05) is 17.2 Å². The van der Waals surface area contributed by atoms with Crippen molar-refractivity contribution in [1.29, 1.82) is 0 Å². The van der Waals surface area contributed by atoms with Crippen molar-refractivity contribution >= 4 is 39.1 Å². The molecule has 0 radical (unpaired) electrons. The second-order valence-electron chi connectivity index (χ2n) is 8.12. The number of aryl methyl sites for hydroxylation is 1. The van der Waals surface area contributed by atoms with Gasteiger partial charge in [-0.3, -0.25) is 4.79 Å². The molecule has 0 atom stereocenters. The summed E-state index contributed by atoms with van der Waals surface area (Å²) in [5, 5.41) is 5.74. The minimum absolute atomic E-state index is 0. The van der Waals surface area contributed by atoms with Crippen molar-refractivity contribution in [2.45, 2.75) is 44.4 Å². The molecule has 0 fully saturated rings. The number of halogens is 1. The molecule has 0 unspecified atom stereocenters. The molecule has 0 saturated carbocycles. The summed E-state index contributed by atoms with van der Waals surface area (Å²) in [5.41, 5.74) is 1.35. The number of carbonyl (C=O) groups excluding carboxylic acids is 1. The minimum atomic E-state index is -4.08. The summed E-state index contributed by atoms with van der Waals surface area (Å²) in [5.74, 6) is 1.65. The van der Waals surface area contributed by atoms with E-state index in [1.54, 1.807) is 43.3 Å². The fourth-order valence-corrected chi connectivity index (χ4v) is 4.58. The maximum absolute atomic E-state index is 14.4. The van der Waals surface area contributed by atoms with Gasteiger partial charge in [0.15, 0.2) is 11.6 Å². The maximum atomic E-state index is 14.4. The number of amides is 1. The van der Waals surface area contributed by atoms with Crippen molar-refractivity contribution < 1.29 is 53.3 Å². The first-order valence-corrected chi connectivity index (χ1v) is 13.1. The van der Waals surface area contributed by atoms with Gasteiger partial charge in [-0.25, -0.2) is 22.5 Å². The van der Waals surface area contributed by atoms with Crippen LogP contribution in [0.3, 0.4) is 0 Å². The molecule has 0 aliphatic carbocycles. The van der Waals surface area contributed by atoms with Gasteiger partial charge < -0.3 is 16.8 Å². The molecule has 0 spiro atoms. The number of hydrogen-bond donors (Lipinski definition) is 3. The standard InChI is InChI=1S/C26H28FN5O4S.Na.H/c1-4-6-7-8-24(33)32-37(34,35)23-16-20(10-9-18(23)3)30-26-28-17-22(27)25(31-26)29-19-11-13-21(14-12-19)36-15-5-2;;/h2,9-14,16-17H,4,6-8,15H2,1,3H3,(H,32,33)(H2,28,29,30,31);;/q;+1;-1. The summed E-state index contributed by atoms with van der Waals surface area (Å²) in [6.07, 6.45) is 8.67. The van der Waals surface area contributed by atoms with Gasteiger partial charge in [0.25, 0.3) is 10.0 Å². The van der Waals surface area contributed by atoms with Crippen LogP contribution in [0.2, 0.25) is 0 Å². The summed E-state index contributed by atoms with van der Waals surface area (Å²) >= 11 is 0. The van der Waals surface area contributed by atoms with E-state index in [-0.39, 0.29) is 60.7 Å². The van der Waals surface area contributed by atoms with E-state index in [1.807, 2.05) is 6.92 Å². The second kappa shape index (κ2) is 14.7. The molecule has 0 saturated heterocycles. The SMILES string of the molecule is C#CCOc1ccc(Nc2nc(Nc3ccc(C)c(S(=O)(=O)NC(=O)CCCCC)c3)ncc2F)cc1.[H-].[Na+]. The molecule has 0 aliphatic rings. The van der Waals surface area contributed by atoms with E-state index in [4.69, 9.17) is 11.2 Å². The smallest absolute Gasteiger partial charge is 1.00 e. The van der Waals surface area contributed by atoms with Gasteiger partial charge in [0, 0.05) is 17.8 Å². The largest absolute Gasteiger partial charge is 1.00 e. The van der Waals surface area contributed by atoms with Gasteiger partial charge in [-0.05, 0) is 55.3 Å². The van der Waals surface area contributed by atoms with Crippen LogP contribution in [0.5, 0.6) is 5.75 Å². The van der Waals surface area contributed by atoms with Crippen LogP contribution >= 0.6 is 0 Å². The van der Waals surface area contributed by atoms with Gasteiger partial charge in [0.1, 0.15) is 12.4 Å². The fourth-order valence-electron chi connectivity index (χ4n) is 3.30. The summed E-state index contributed by atoms with van der Waals surface area (Å²) in [6.45, 7) is 3.75. The first kappa shape index (κ1) is 31.1. The van der Waals surface area contributed by atoms with Crippen molar-refractivity contribution in [3.8, 4) is 18.1 Å². The van der Waals surface area contributed by atoms with E-state index < -0.39 is 21.7 Å². The Labute approximate surface area is 245 Å². The molecule has 3 aromatic rings. The number of sulfonamides is 1. The van der Waals surface area contributed by atoms with Crippen LogP contribution in [0, 0.1) is 25.1 Å². The first-order valence-electron chi connectivity index (χ1n) is 11.6. The molecule has 196 valence electrons. The molecule has 0 aliphatic heterocycles. The molecule has 9 nitrogen and oxygen atoms in total. The van der Waals surface area contributed by atoms with Gasteiger partial charge in [0.05, 0.1) is 11.1 Å². The molecule has 38 heavy (non-hydrogen) atoms. The third kappa shape index (κ3) is 8.99. The molecule has 3 N–H and O–H groups in total. The number of terminal acetylenes is 1. The Kier molecular flexibility index (Phi) is 12.0. The summed E-state index contributed by atoms with van der Waals surface area (Å²) in [6, 6.07) is 11.3. The quantitative estimate of drug-likeness (QED) is 0.178. The number of hydrogen-bond acceptors (Lipinski definition) is 8. The van der Waals surface area contributed by atoms with Crippen LogP contribution in [-0.2, 0) is 14.8 Å². The Balaban J connectivity index is 0.00000380. The average molecular weight is 550 g/mol. The number of benzene rings is 2. The maximum Gasteiger partial charge on any atom is 1.00 e. The van der Waals surface area contributed by atoms with E-state index in [0.717, 1.165) is 19.0 Å². The van der Waals surface area contributed by atoms with Gasteiger partial charge in [-0.1, -0.05) is 31.8 Å². The topological polar surface area (TPSA) is 122 Å². The van der Waals surface area contributed by atoms with Gasteiger partial charge in [-0.15, -0.1) is 6.42 Å². The zero-order valence-electron chi connectivity index (χ0n) is 22.5. The molecular weight excluding hydrogens is 520 g/mol. The number of ether oxygens (including phenoxy) is 1. The molecule has 1 aromatic heterocycles. The normalized spacial score (nSPS) is 10.6. The molecular formula is C26H29FN5NaO4S. The monoisotopic (exact) mass is 549 g/mol. The third-order valence-electron chi connectivity index (χ3n) is 5.17. The molecule has 1 amide bonds. The Morgan fingerprint density at radius 1 is 1.13 bits per heavy atom.